The molecule has 1 aliphatic heterocycles. The Hall–Kier alpha value is -2.65. The number of alkyl halides is 3. The molecule has 10 heteroatoms. The summed E-state index contributed by atoms with van der Waals surface area (Å²) in [5, 5.41) is 3.35. The minimum Gasteiger partial charge on any atom is -0.490 e. The summed E-state index contributed by atoms with van der Waals surface area (Å²) in [5.74, 6) is 1.05. The SMILES string of the molecule is CCOc1cc([C@@H](c2ccc(OC(F)(F)F)cc2)N2CCNCC2)ccc1OCc1ccccc1.Cl.Cl. The summed E-state index contributed by atoms with van der Waals surface area (Å²) in [7, 11) is 0. The Labute approximate surface area is 227 Å². The first-order valence-electron chi connectivity index (χ1n) is 11.7. The molecule has 0 spiro atoms. The average Bonchev–Trinajstić information content (AvgIpc) is 2.85. The van der Waals surface area contributed by atoms with Crippen LogP contribution < -0.4 is 19.5 Å². The van der Waals surface area contributed by atoms with Crippen LogP contribution in [0.25, 0.3) is 0 Å². The van der Waals surface area contributed by atoms with E-state index >= 15 is 0 Å². The van der Waals surface area contributed by atoms with Gasteiger partial charge in [0, 0.05) is 26.2 Å². The maximum atomic E-state index is 12.6. The lowest BCUT2D eigenvalue weighted by Gasteiger charge is -2.36. The third kappa shape index (κ3) is 8.71. The molecule has 1 saturated heterocycles. The second-order valence-electron chi connectivity index (χ2n) is 8.22. The summed E-state index contributed by atoms with van der Waals surface area (Å²) in [6.45, 7) is 6.10. The minimum atomic E-state index is -4.72. The van der Waals surface area contributed by atoms with E-state index < -0.39 is 6.36 Å². The van der Waals surface area contributed by atoms with Crippen LogP contribution in [0.1, 0.15) is 29.7 Å². The van der Waals surface area contributed by atoms with Gasteiger partial charge in [-0.3, -0.25) is 4.90 Å². The van der Waals surface area contributed by atoms with Gasteiger partial charge in [-0.2, -0.15) is 0 Å². The van der Waals surface area contributed by atoms with E-state index in [1.807, 2.05) is 55.5 Å². The van der Waals surface area contributed by atoms with Gasteiger partial charge >= 0.3 is 6.36 Å². The lowest BCUT2D eigenvalue weighted by atomic mass is 9.96. The van der Waals surface area contributed by atoms with E-state index in [0.29, 0.717) is 24.7 Å². The van der Waals surface area contributed by atoms with Crippen LogP contribution in [0.5, 0.6) is 17.2 Å². The van der Waals surface area contributed by atoms with E-state index in [4.69, 9.17) is 9.47 Å². The van der Waals surface area contributed by atoms with Crippen LogP contribution in [-0.4, -0.2) is 44.0 Å². The van der Waals surface area contributed by atoms with Gasteiger partial charge in [-0.15, -0.1) is 38.0 Å². The minimum absolute atomic E-state index is 0. The highest BCUT2D eigenvalue weighted by Crippen LogP contribution is 2.37. The van der Waals surface area contributed by atoms with Gasteiger partial charge in [-0.25, -0.2) is 0 Å². The number of nitrogens with one attached hydrogen (secondary N) is 1. The lowest BCUT2D eigenvalue weighted by Crippen LogP contribution is -2.45. The molecule has 1 N–H and O–H groups in total. The topological polar surface area (TPSA) is 43.0 Å². The van der Waals surface area contributed by atoms with Crippen LogP contribution in [0.2, 0.25) is 0 Å². The molecule has 1 atom stereocenters. The first kappa shape index (κ1) is 30.6. The van der Waals surface area contributed by atoms with Crippen LogP contribution in [0.4, 0.5) is 13.2 Å². The van der Waals surface area contributed by atoms with Crippen molar-refractivity contribution in [1.82, 2.24) is 10.2 Å². The van der Waals surface area contributed by atoms with Gasteiger partial charge in [-0.1, -0.05) is 48.5 Å². The van der Waals surface area contributed by atoms with Gasteiger partial charge in [0.05, 0.1) is 12.6 Å². The van der Waals surface area contributed by atoms with Gasteiger partial charge in [-0.05, 0) is 47.9 Å². The van der Waals surface area contributed by atoms with Crippen LogP contribution in [0.3, 0.4) is 0 Å². The molecule has 0 amide bonds. The van der Waals surface area contributed by atoms with Crippen molar-refractivity contribution in [2.75, 3.05) is 32.8 Å². The molecule has 1 heterocycles. The lowest BCUT2D eigenvalue weighted by molar-refractivity contribution is -0.274. The van der Waals surface area contributed by atoms with Crippen molar-refractivity contribution in [1.29, 1.82) is 0 Å². The molecule has 3 aromatic carbocycles. The number of ether oxygens (including phenoxy) is 3. The number of hydrogen-bond acceptors (Lipinski definition) is 5. The van der Waals surface area contributed by atoms with Gasteiger partial charge in [0.2, 0.25) is 0 Å². The summed E-state index contributed by atoms with van der Waals surface area (Å²) < 4.78 is 53.9. The molecule has 0 aliphatic carbocycles. The third-order valence-electron chi connectivity index (χ3n) is 5.77. The highest BCUT2D eigenvalue weighted by Gasteiger charge is 2.31. The molecule has 3 aromatic rings. The van der Waals surface area contributed by atoms with E-state index in [1.54, 1.807) is 12.1 Å². The van der Waals surface area contributed by atoms with Gasteiger partial charge in [0.1, 0.15) is 12.4 Å². The van der Waals surface area contributed by atoms with Gasteiger partial charge in [0.25, 0.3) is 0 Å². The zero-order chi connectivity index (χ0) is 24.7. The van der Waals surface area contributed by atoms with Crippen molar-refractivity contribution in [3.63, 3.8) is 0 Å². The van der Waals surface area contributed by atoms with Crippen molar-refractivity contribution >= 4 is 24.8 Å². The monoisotopic (exact) mass is 558 g/mol. The summed E-state index contributed by atoms with van der Waals surface area (Å²) >= 11 is 0. The molecule has 0 unspecified atom stereocenters. The van der Waals surface area contributed by atoms with Crippen molar-refractivity contribution in [2.24, 2.45) is 0 Å². The predicted octanol–water partition coefficient (Wildman–Crippen LogP) is 6.40. The van der Waals surface area contributed by atoms with Crippen LogP contribution >= 0.6 is 24.8 Å². The van der Waals surface area contributed by atoms with Crippen LogP contribution in [0, 0.1) is 0 Å². The standard InChI is InChI=1S/C27H29F3N2O3.2ClH/c1-2-33-25-18-22(10-13-24(25)34-19-20-6-4-3-5-7-20)26(32-16-14-31-15-17-32)21-8-11-23(12-9-21)35-27(28,29)30;;/h3-13,18,26,31H,2,14-17,19H2,1H3;2*1H/t26-;;/m1../s1. The molecule has 0 bridgehead atoms. The third-order valence-corrected chi connectivity index (χ3v) is 5.77. The number of hydrogen-bond donors (Lipinski definition) is 1. The predicted molar refractivity (Wildman–Crippen MR) is 142 cm³/mol. The number of halogens is 5. The molecular formula is C27H31Cl2F3N2O3. The van der Waals surface area contributed by atoms with E-state index in [1.165, 1.54) is 12.1 Å². The zero-order valence-corrected chi connectivity index (χ0v) is 22.0. The normalized spacial score (nSPS) is 14.6. The number of piperazine rings is 1. The average molecular weight is 559 g/mol. The fourth-order valence-electron chi connectivity index (χ4n) is 4.22. The second-order valence-corrected chi connectivity index (χ2v) is 8.22. The largest absolute Gasteiger partial charge is 0.573 e. The van der Waals surface area contributed by atoms with Crippen molar-refractivity contribution in [2.45, 2.75) is 25.9 Å². The molecule has 0 saturated carbocycles. The fourth-order valence-corrected chi connectivity index (χ4v) is 4.22. The first-order valence-corrected chi connectivity index (χ1v) is 11.7. The molecule has 202 valence electrons. The van der Waals surface area contributed by atoms with Crippen molar-refractivity contribution in [3.05, 3.63) is 89.5 Å². The Bertz CT molecular complexity index is 1080. The Morgan fingerprint density at radius 3 is 2.11 bits per heavy atom. The van der Waals surface area contributed by atoms with Crippen molar-refractivity contribution in [3.8, 4) is 17.2 Å². The number of benzene rings is 3. The molecule has 4 rings (SSSR count). The maximum absolute atomic E-state index is 12.6. The molecule has 0 aromatic heterocycles. The second kappa shape index (κ2) is 14.3. The number of nitrogens with zero attached hydrogens (tertiary/aromatic N) is 1. The smallest absolute Gasteiger partial charge is 0.490 e. The highest BCUT2D eigenvalue weighted by atomic mass is 35.5. The highest BCUT2D eigenvalue weighted by molar-refractivity contribution is 5.85. The quantitative estimate of drug-likeness (QED) is 0.329. The summed E-state index contributed by atoms with van der Waals surface area (Å²) in [5.41, 5.74) is 2.91. The first-order chi connectivity index (χ1) is 16.9. The zero-order valence-electron chi connectivity index (χ0n) is 20.4. The Balaban J connectivity index is 0.00000241. The Kier molecular flexibility index (Phi) is 11.8. The molecular weight excluding hydrogens is 528 g/mol. The van der Waals surface area contributed by atoms with E-state index in [0.717, 1.165) is 42.9 Å². The van der Waals surface area contributed by atoms with Crippen LogP contribution in [0.15, 0.2) is 72.8 Å². The molecule has 0 radical (unpaired) electrons. The molecule has 1 aliphatic rings. The molecule has 5 nitrogen and oxygen atoms in total. The summed E-state index contributed by atoms with van der Waals surface area (Å²) in [6.07, 6.45) is -4.72. The Morgan fingerprint density at radius 1 is 0.838 bits per heavy atom. The molecule has 1 fully saturated rings. The van der Waals surface area contributed by atoms with E-state index in [9.17, 15) is 13.2 Å². The van der Waals surface area contributed by atoms with Crippen LogP contribution in [-0.2, 0) is 6.61 Å². The molecule has 37 heavy (non-hydrogen) atoms. The summed E-state index contributed by atoms with van der Waals surface area (Å²) in [4.78, 5) is 2.31. The number of rotatable bonds is 9. The van der Waals surface area contributed by atoms with Crippen molar-refractivity contribution < 1.29 is 27.4 Å². The van der Waals surface area contributed by atoms with E-state index in [2.05, 4.69) is 15.0 Å². The Morgan fingerprint density at radius 2 is 1.49 bits per heavy atom. The van der Waals surface area contributed by atoms with E-state index in [-0.39, 0.29) is 36.6 Å². The maximum Gasteiger partial charge on any atom is 0.573 e. The summed E-state index contributed by atoms with van der Waals surface area (Å²) in [6, 6.07) is 21.7. The van der Waals surface area contributed by atoms with Gasteiger partial charge in [0.15, 0.2) is 11.5 Å². The van der Waals surface area contributed by atoms with Gasteiger partial charge < -0.3 is 19.5 Å². The fraction of sp³-hybridized carbons (Fsp3) is 0.333.